The highest BCUT2D eigenvalue weighted by atomic mass is 35.5. The Kier molecular flexibility index (Phi) is 9.07. The van der Waals surface area contributed by atoms with Gasteiger partial charge in [0.25, 0.3) is 0 Å². The summed E-state index contributed by atoms with van der Waals surface area (Å²) in [5.41, 5.74) is 6.50. The standard InChI is InChI=1S/C29H33ClF3N3/c1-6-18(2)28(21(5)36-20(4)26-13-12-25(30)17-34-26)24-11-10-23(19(3)15-24)9-7-22-8-14-27(35-16-22)29(31,32)33/h8,10-18,26,34,36H,4,6-7,9H2,1-3,5H3/b28-21+/t18-,26?/m1/s1. The van der Waals surface area contributed by atoms with Crippen molar-refractivity contribution in [2.45, 2.75) is 59.2 Å². The lowest BCUT2D eigenvalue weighted by atomic mass is 9.88. The fourth-order valence-corrected chi connectivity index (χ4v) is 4.44. The number of nitrogens with one attached hydrogen (secondary N) is 2. The van der Waals surface area contributed by atoms with Crippen LogP contribution in [0.1, 0.15) is 55.1 Å². The first kappa shape index (κ1) is 27.6. The van der Waals surface area contributed by atoms with Crippen LogP contribution < -0.4 is 10.6 Å². The normalized spacial score (nSPS) is 17.1. The van der Waals surface area contributed by atoms with Crippen molar-refractivity contribution < 1.29 is 13.2 Å². The monoisotopic (exact) mass is 515 g/mol. The Morgan fingerprint density at radius 1 is 1.22 bits per heavy atom. The van der Waals surface area contributed by atoms with Gasteiger partial charge in [-0.15, -0.1) is 0 Å². The van der Waals surface area contributed by atoms with E-state index in [1.807, 2.05) is 12.2 Å². The average Bonchev–Trinajstić information content (AvgIpc) is 2.83. The number of aryl methyl sites for hydroxylation is 3. The van der Waals surface area contributed by atoms with E-state index in [9.17, 15) is 13.2 Å². The van der Waals surface area contributed by atoms with Gasteiger partial charge in [0.15, 0.2) is 0 Å². The molecule has 0 aliphatic carbocycles. The van der Waals surface area contributed by atoms with Gasteiger partial charge < -0.3 is 10.6 Å². The number of halogens is 4. The van der Waals surface area contributed by atoms with Gasteiger partial charge in [-0.25, -0.2) is 0 Å². The number of nitrogens with zero attached hydrogens (tertiary/aromatic N) is 1. The third kappa shape index (κ3) is 7.03. The SMILES string of the molecule is C=C(N/C(C)=C(/c1ccc(CCc2ccc(C(F)(F)F)nc2)c(C)c1)[C@H](C)CC)C1C=CC(Cl)=CN1. The molecule has 3 rings (SSSR count). The summed E-state index contributed by atoms with van der Waals surface area (Å²) < 4.78 is 38.3. The van der Waals surface area contributed by atoms with Gasteiger partial charge in [-0.2, -0.15) is 13.2 Å². The number of alkyl halides is 3. The maximum Gasteiger partial charge on any atom is 0.433 e. The maximum absolute atomic E-state index is 12.8. The van der Waals surface area contributed by atoms with Crippen LogP contribution in [0.15, 0.2) is 77.9 Å². The quantitative estimate of drug-likeness (QED) is 0.359. The number of benzene rings is 1. The number of rotatable bonds is 9. The average molecular weight is 516 g/mol. The van der Waals surface area contributed by atoms with Crippen LogP contribution in [0.25, 0.3) is 5.57 Å². The van der Waals surface area contributed by atoms with Crippen molar-refractivity contribution in [1.29, 1.82) is 0 Å². The molecule has 2 atom stereocenters. The van der Waals surface area contributed by atoms with Crippen LogP contribution in [0.3, 0.4) is 0 Å². The Morgan fingerprint density at radius 2 is 1.97 bits per heavy atom. The van der Waals surface area contributed by atoms with E-state index >= 15 is 0 Å². The number of dihydropyridines is 1. The maximum atomic E-state index is 12.8. The highest BCUT2D eigenvalue weighted by molar-refractivity contribution is 6.31. The van der Waals surface area contributed by atoms with Crippen LogP contribution in [0.5, 0.6) is 0 Å². The summed E-state index contributed by atoms with van der Waals surface area (Å²) in [5.74, 6) is 0.331. The molecule has 0 saturated carbocycles. The van der Waals surface area contributed by atoms with Crippen LogP contribution in [-0.4, -0.2) is 11.0 Å². The lowest BCUT2D eigenvalue weighted by Gasteiger charge is -2.25. The van der Waals surface area contributed by atoms with E-state index < -0.39 is 11.9 Å². The van der Waals surface area contributed by atoms with Crippen molar-refractivity contribution in [3.63, 3.8) is 0 Å². The van der Waals surface area contributed by atoms with Crippen molar-refractivity contribution in [3.05, 3.63) is 106 Å². The topological polar surface area (TPSA) is 37.0 Å². The summed E-state index contributed by atoms with van der Waals surface area (Å²) in [6.45, 7) is 12.7. The van der Waals surface area contributed by atoms with Gasteiger partial charge in [0.05, 0.1) is 11.1 Å². The highest BCUT2D eigenvalue weighted by Gasteiger charge is 2.32. The van der Waals surface area contributed by atoms with Crippen molar-refractivity contribution in [1.82, 2.24) is 15.6 Å². The van der Waals surface area contributed by atoms with Crippen molar-refractivity contribution >= 4 is 17.2 Å². The number of hydrogen-bond acceptors (Lipinski definition) is 3. The van der Waals surface area contributed by atoms with E-state index in [1.54, 1.807) is 6.20 Å². The van der Waals surface area contributed by atoms with Gasteiger partial charge in [-0.1, -0.05) is 62.4 Å². The van der Waals surface area contributed by atoms with E-state index in [-0.39, 0.29) is 6.04 Å². The summed E-state index contributed by atoms with van der Waals surface area (Å²) in [7, 11) is 0. The third-order valence-corrected chi connectivity index (χ3v) is 6.77. The number of aromatic nitrogens is 1. The summed E-state index contributed by atoms with van der Waals surface area (Å²) in [6, 6.07) is 8.93. The van der Waals surface area contributed by atoms with E-state index in [4.69, 9.17) is 11.6 Å². The van der Waals surface area contributed by atoms with Gasteiger partial charge in [0, 0.05) is 23.8 Å². The van der Waals surface area contributed by atoms with Gasteiger partial charge in [-0.3, -0.25) is 4.98 Å². The molecule has 1 unspecified atom stereocenters. The van der Waals surface area contributed by atoms with Crippen LogP contribution in [-0.2, 0) is 19.0 Å². The minimum absolute atomic E-state index is 0.0515. The molecule has 0 spiro atoms. The Morgan fingerprint density at radius 3 is 2.53 bits per heavy atom. The second-order valence-corrected chi connectivity index (χ2v) is 9.66. The molecule has 0 saturated heterocycles. The third-order valence-electron chi connectivity index (χ3n) is 6.53. The zero-order valence-electron chi connectivity index (χ0n) is 21.1. The summed E-state index contributed by atoms with van der Waals surface area (Å²) in [6.07, 6.45) is 4.83. The predicted octanol–water partition coefficient (Wildman–Crippen LogP) is 7.68. The van der Waals surface area contributed by atoms with Crippen molar-refractivity contribution in [3.8, 4) is 0 Å². The number of pyridine rings is 1. The molecule has 36 heavy (non-hydrogen) atoms. The Labute approximate surface area is 216 Å². The van der Waals surface area contributed by atoms with Crippen LogP contribution in [0.2, 0.25) is 0 Å². The summed E-state index contributed by atoms with van der Waals surface area (Å²) in [5, 5.41) is 7.36. The Bertz CT molecular complexity index is 1180. The van der Waals surface area contributed by atoms with E-state index in [0.29, 0.717) is 17.4 Å². The fraction of sp³-hybridized carbons (Fsp3) is 0.345. The fourth-order valence-electron chi connectivity index (χ4n) is 4.30. The molecule has 1 aliphatic heterocycles. The molecule has 3 nitrogen and oxygen atoms in total. The molecule has 0 amide bonds. The second-order valence-electron chi connectivity index (χ2n) is 9.22. The zero-order valence-corrected chi connectivity index (χ0v) is 21.9. The van der Waals surface area contributed by atoms with Crippen molar-refractivity contribution in [2.75, 3.05) is 0 Å². The second kappa shape index (κ2) is 11.8. The van der Waals surface area contributed by atoms with Crippen LogP contribution in [0, 0.1) is 12.8 Å². The summed E-state index contributed by atoms with van der Waals surface area (Å²) in [4.78, 5) is 3.57. The van der Waals surface area contributed by atoms with Gasteiger partial charge in [0.2, 0.25) is 0 Å². The lowest BCUT2D eigenvalue weighted by molar-refractivity contribution is -0.141. The molecule has 1 aromatic heterocycles. The molecule has 2 heterocycles. The highest BCUT2D eigenvalue weighted by Crippen LogP contribution is 2.31. The first-order valence-electron chi connectivity index (χ1n) is 12.1. The number of hydrogen-bond donors (Lipinski definition) is 2. The van der Waals surface area contributed by atoms with Gasteiger partial charge >= 0.3 is 6.18 Å². The molecular weight excluding hydrogens is 483 g/mol. The predicted molar refractivity (Wildman–Crippen MR) is 142 cm³/mol. The minimum Gasteiger partial charge on any atom is -0.378 e. The largest absolute Gasteiger partial charge is 0.433 e. The molecule has 0 fully saturated rings. The number of allylic oxidation sites excluding steroid dienone is 4. The first-order valence-corrected chi connectivity index (χ1v) is 12.5. The molecule has 0 bridgehead atoms. The zero-order chi connectivity index (χ0) is 26.5. The van der Waals surface area contributed by atoms with Crippen LogP contribution >= 0.6 is 11.6 Å². The molecule has 2 aromatic rings. The Balaban J connectivity index is 1.76. The molecular formula is C29H33ClF3N3. The molecule has 192 valence electrons. The van der Waals surface area contributed by atoms with Gasteiger partial charge in [-0.05, 0) is 79.0 Å². The molecule has 7 heteroatoms. The molecule has 1 aliphatic rings. The first-order chi connectivity index (χ1) is 17.0. The smallest absolute Gasteiger partial charge is 0.378 e. The lowest BCUT2D eigenvalue weighted by Crippen LogP contribution is -2.32. The van der Waals surface area contributed by atoms with E-state index in [1.165, 1.54) is 17.8 Å². The van der Waals surface area contributed by atoms with Crippen molar-refractivity contribution in [2.24, 2.45) is 5.92 Å². The minimum atomic E-state index is -4.42. The van der Waals surface area contributed by atoms with E-state index in [0.717, 1.165) is 52.6 Å². The van der Waals surface area contributed by atoms with E-state index in [2.05, 4.69) is 68.1 Å². The van der Waals surface area contributed by atoms with Crippen LogP contribution in [0.4, 0.5) is 13.2 Å². The molecule has 2 N–H and O–H groups in total. The summed E-state index contributed by atoms with van der Waals surface area (Å²) >= 11 is 6.00. The Hall–Kier alpha value is -2.99. The van der Waals surface area contributed by atoms with Gasteiger partial charge in [0.1, 0.15) is 5.69 Å². The molecule has 1 aromatic carbocycles. The molecule has 0 radical (unpaired) electrons.